The molecule has 0 aliphatic heterocycles. The molecule has 1 aliphatic carbocycles. The summed E-state index contributed by atoms with van der Waals surface area (Å²) >= 11 is 0. The Morgan fingerprint density at radius 1 is 1.50 bits per heavy atom. The molecule has 1 fully saturated rings. The first kappa shape index (κ1) is 7.57. The fraction of sp³-hybridized carbons (Fsp3) is 0.833. The van der Waals surface area contributed by atoms with Crippen molar-refractivity contribution in [1.29, 1.82) is 0 Å². The molecule has 0 aromatic rings. The molecule has 0 heterocycles. The zero-order valence-corrected chi connectivity index (χ0v) is 5.40. The Kier molecular flexibility index (Phi) is 1.49. The smallest absolute Gasteiger partial charge is 0.300 e. The van der Waals surface area contributed by atoms with Gasteiger partial charge in [-0.15, -0.1) is 0 Å². The van der Waals surface area contributed by atoms with Crippen LogP contribution in [-0.4, -0.2) is 12.0 Å². The summed E-state index contributed by atoms with van der Waals surface area (Å²) in [6.45, 7) is 1.20. The first-order valence-electron chi connectivity index (χ1n) is 3.00. The molecule has 0 saturated heterocycles. The first-order valence-corrected chi connectivity index (χ1v) is 3.00. The molecule has 10 heavy (non-hydrogen) atoms. The van der Waals surface area contributed by atoms with Gasteiger partial charge >= 0.3 is 6.18 Å². The molecule has 0 amide bonds. The van der Waals surface area contributed by atoms with Crippen LogP contribution in [0.2, 0.25) is 0 Å². The van der Waals surface area contributed by atoms with Crippen LogP contribution in [-0.2, 0) is 4.79 Å². The number of ketones is 1. The van der Waals surface area contributed by atoms with Crippen molar-refractivity contribution in [2.45, 2.75) is 19.5 Å². The lowest BCUT2D eigenvalue weighted by Crippen LogP contribution is -2.13. The van der Waals surface area contributed by atoms with Gasteiger partial charge in [0.2, 0.25) is 0 Å². The third-order valence-corrected chi connectivity index (χ3v) is 1.73. The molecule has 0 radical (unpaired) electrons. The maximum absolute atomic E-state index is 11.7. The highest BCUT2D eigenvalue weighted by atomic mass is 19.4. The Morgan fingerprint density at radius 2 is 2.00 bits per heavy atom. The number of rotatable bonds is 1. The molecule has 1 rings (SSSR count). The van der Waals surface area contributed by atoms with Gasteiger partial charge in [-0.25, -0.2) is 0 Å². The van der Waals surface area contributed by atoms with E-state index >= 15 is 0 Å². The van der Waals surface area contributed by atoms with Crippen molar-refractivity contribution < 1.29 is 18.0 Å². The Balaban J connectivity index is 2.46. The lowest BCUT2D eigenvalue weighted by molar-refractivity contribution is -0.154. The Bertz CT molecular complexity index is 161. The van der Waals surface area contributed by atoms with Crippen molar-refractivity contribution in [3.05, 3.63) is 0 Å². The van der Waals surface area contributed by atoms with Crippen LogP contribution in [0.5, 0.6) is 0 Å². The van der Waals surface area contributed by atoms with E-state index in [2.05, 4.69) is 0 Å². The summed E-state index contributed by atoms with van der Waals surface area (Å²) in [5, 5.41) is 0. The summed E-state index contributed by atoms with van der Waals surface area (Å²) in [7, 11) is 0. The van der Waals surface area contributed by atoms with Crippen molar-refractivity contribution in [2.24, 2.45) is 11.8 Å². The first-order chi connectivity index (χ1) is 4.43. The van der Waals surface area contributed by atoms with E-state index in [1.54, 1.807) is 0 Å². The highest BCUT2D eigenvalue weighted by Gasteiger charge is 2.57. The lowest BCUT2D eigenvalue weighted by atomic mass is 10.2. The predicted octanol–water partition coefficient (Wildman–Crippen LogP) is 1.77. The predicted molar refractivity (Wildman–Crippen MR) is 28.3 cm³/mol. The van der Waals surface area contributed by atoms with Crippen molar-refractivity contribution in [2.75, 3.05) is 0 Å². The standard InChI is InChI=1S/C6H7F3O/c1-3(10)4-2-5(4)6(7,8)9/h4-5H,2H2,1H3. The average Bonchev–Trinajstić information content (AvgIpc) is 2.35. The molecule has 58 valence electrons. The fourth-order valence-electron chi connectivity index (χ4n) is 1.01. The molecule has 1 aliphatic rings. The van der Waals surface area contributed by atoms with E-state index in [0.29, 0.717) is 0 Å². The highest BCUT2D eigenvalue weighted by molar-refractivity contribution is 5.81. The maximum Gasteiger partial charge on any atom is 0.392 e. The quantitative estimate of drug-likeness (QED) is 0.559. The van der Waals surface area contributed by atoms with Crippen LogP contribution in [0.4, 0.5) is 13.2 Å². The summed E-state index contributed by atoms with van der Waals surface area (Å²) in [5.41, 5.74) is 0. The summed E-state index contributed by atoms with van der Waals surface area (Å²) in [6, 6.07) is 0. The molecule has 1 nitrogen and oxygen atoms in total. The van der Waals surface area contributed by atoms with Crippen LogP contribution in [0.25, 0.3) is 0 Å². The van der Waals surface area contributed by atoms with Gasteiger partial charge in [-0.05, 0) is 13.3 Å². The molecule has 1 saturated carbocycles. The third-order valence-electron chi connectivity index (χ3n) is 1.73. The SMILES string of the molecule is CC(=O)C1CC1C(F)(F)F. The van der Waals surface area contributed by atoms with Crippen LogP contribution in [0.15, 0.2) is 0 Å². The maximum atomic E-state index is 11.7. The molecule has 0 spiro atoms. The van der Waals surface area contributed by atoms with Crippen molar-refractivity contribution in [3.8, 4) is 0 Å². The number of carbonyl (C=O) groups excluding carboxylic acids is 1. The van der Waals surface area contributed by atoms with E-state index in [0.717, 1.165) is 0 Å². The topological polar surface area (TPSA) is 17.1 Å². The van der Waals surface area contributed by atoms with Gasteiger partial charge in [0.05, 0.1) is 5.92 Å². The van der Waals surface area contributed by atoms with E-state index in [-0.39, 0.29) is 12.2 Å². The zero-order valence-electron chi connectivity index (χ0n) is 5.40. The summed E-state index contributed by atoms with van der Waals surface area (Å²) in [5.74, 6) is -2.42. The molecule has 4 heteroatoms. The van der Waals surface area contributed by atoms with Gasteiger partial charge in [-0.3, -0.25) is 4.79 Å². The molecule has 2 atom stereocenters. The highest BCUT2D eigenvalue weighted by Crippen LogP contribution is 2.50. The fourth-order valence-corrected chi connectivity index (χ4v) is 1.01. The molecule has 0 bridgehead atoms. The number of hydrogen-bond donors (Lipinski definition) is 0. The number of hydrogen-bond acceptors (Lipinski definition) is 1. The summed E-state index contributed by atoms with van der Waals surface area (Å²) in [6.07, 6.45) is -4.16. The van der Waals surface area contributed by atoms with Crippen LogP contribution < -0.4 is 0 Å². The molecular formula is C6H7F3O. The number of halogens is 3. The monoisotopic (exact) mass is 152 g/mol. The van der Waals surface area contributed by atoms with Gasteiger partial charge in [-0.2, -0.15) is 13.2 Å². The van der Waals surface area contributed by atoms with E-state index < -0.39 is 18.0 Å². The third kappa shape index (κ3) is 1.30. The van der Waals surface area contributed by atoms with Gasteiger partial charge in [-0.1, -0.05) is 0 Å². The van der Waals surface area contributed by atoms with E-state index in [9.17, 15) is 18.0 Å². The molecule has 2 unspecified atom stereocenters. The summed E-state index contributed by atoms with van der Waals surface area (Å²) in [4.78, 5) is 10.4. The van der Waals surface area contributed by atoms with Crippen LogP contribution >= 0.6 is 0 Å². The van der Waals surface area contributed by atoms with Gasteiger partial charge in [0.25, 0.3) is 0 Å². The van der Waals surface area contributed by atoms with Crippen molar-refractivity contribution >= 4 is 5.78 Å². The average molecular weight is 152 g/mol. The minimum Gasteiger partial charge on any atom is -0.300 e. The second-order valence-corrected chi connectivity index (χ2v) is 2.60. The van der Waals surface area contributed by atoms with E-state index in [1.165, 1.54) is 6.92 Å². The van der Waals surface area contributed by atoms with E-state index in [4.69, 9.17) is 0 Å². The number of alkyl halides is 3. The Morgan fingerprint density at radius 3 is 2.10 bits per heavy atom. The van der Waals surface area contributed by atoms with Crippen molar-refractivity contribution in [3.63, 3.8) is 0 Å². The zero-order chi connectivity index (χ0) is 7.94. The minimum atomic E-state index is -4.16. The van der Waals surface area contributed by atoms with E-state index in [1.807, 2.05) is 0 Å². The van der Waals surface area contributed by atoms with Gasteiger partial charge in [0, 0.05) is 5.92 Å². The molecule has 0 aromatic heterocycles. The van der Waals surface area contributed by atoms with Crippen LogP contribution in [0.3, 0.4) is 0 Å². The van der Waals surface area contributed by atoms with Crippen molar-refractivity contribution in [1.82, 2.24) is 0 Å². The number of carbonyl (C=O) groups is 1. The molecule has 0 aromatic carbocycles. The Labute approximate surface area is 56.2 Å². The second-order valence-electron chi connectivity index (χ2n) is 2.60. The van der Waals surface area contributed by atoms with Gasteiger partial charge in [0.15, 0.2) is 0 Å². The van der Waals surface area contributed by atoms with Gasteiger partial charge < -0.3 is 0 Å². The van der Waals surface area contributed by atoms with Crippen LogP contribution in [0, 0.1) is 11.8 Å². The van der Waals surface area contributed by atoms with Crippen LogP contribution in [0.1, 0.15) is 13.3 Å². The summed E-state index contributed by atoms with van der Waals surface area (Å²) < 4.78 is 35.1. The second kappa shape index (κ2) is 1.97. The Hall–Kier alpha value is -0.540. The number of Topliss-reactive ketones (excluding diaryl/α,β-unsaturated/α-hetero) is 1. The lowest BCUT2D eigenvalue weighted by Gasteiger charge is -2.02. The molecular weight excluding hydrogens is 145 g/mol. The minimum absolute atomic E-state index is 0.00116. The largest absolute Gasteiger partial charge is 0.392 e. The van der Waals surface area contributed by atoms with Gasteiger partial charge in [0.1, 0.15) is 5.78 Å². The normalized spacial score (nSPS) is 32.0. The molecule has 0 N–H and O–H groups in total.